The maximum atomic E-state index is 3.95. The van der Waals surface area contributed by atoms with Crippen molar-refractivity contribution in [3.63, 3.8) is 0 Å². The Labute approximate surface area is 138 Å². The molecule has 2 aromatic rings. The Morgan fingerprint density at radius 1 is 0.895 bits per heavy atom. The van der Waals surface area contributed by atoms with E-state index in [1.807, 2.05) is 6.07 Å². The summed E-state index contributed by atoms with van der Waals surface area (Å²) in [4.78, 5) is 0. The molecule has 0 aromatic heterocycles. The number of halogens is 3. The summed E-state index contributed by atoms with van der Waals surface area (Å²) >= 11 is 11.4. The molecule has 0 bridgehead atoms. The van der Waals surface area contributed by atoms with Crippen LogP contribution in [0.3, 0.4) is 0 Å². The number of alkyl halides is 2. The monoisotopic (exact) mass is 440 g/mol. The van der Waals surface area contributed by atoms with Gasteiger partial charge in [0.2, 0.25) is 0 Å². The van der Waals surface area contributed by atoms with Crippen molar-refractivity contribution >= 4 is 57.8 Å². The van der Waals surface area contributed by atoms with Crippen LogP contribution in [0.4, 0.5) is 0 Å². The Morgan fingerprint density at radius 2 is 1.53 bits per heavy atom. The lowest BCUT2D eigenvalue weighted by Crippen LogP contribution is -2.19. The first-order valence-corrected chi connectivity index (χ1v) is 8.69. The molecule has 1 aliphatic carbocycles. The highest BCUT2D eigenvalue weighted by Crippen LogP contribution is 2.57. The molecular weight excluding hydrogens is 432 g/mol. The number of benzene rings is 2. The lowest BCUT2D eigenvalue weighted by atomic mass is 9.93. The van der Waals surface area contributed by atoms with E-state index in [-0.39, 0.29) is 4.32 Å². The van der Waals surface area contributed by atoms with Gasteiger partial charge in [-0.15, -0.1) is 0 Å². The molecule has 2 aromatic carbocycles. The van der Waals surface area contributed by atoms with Crippen molar-refractivity contribution in [2.24, 2.45) is 0 Å². The topological polar surface area (TPSA) is 0 Å². The lowest BCUT2D eigenvalue weighted by Gasteiger charge is -2.25. The predicted molar refractivity (Wildman–Crippen MR) is 93.0 cm³/mol. The van der Waals surface area contributed by atoms with E-state index in [0.29, 0.717) is 0 Å². The van der Waals surface area contributed by atoms with Gasteiger partial charge in [0.05, 0.1) is 4.32 Å². The van der Waals surface area contributed by atoms with Crippen molar-refractivity contribution in [1.82, 2.24) is 0 Å². The van der Waals surface area contributed by atoms with Crippen LogP contribution in [-0.4, -0.2) is 5.33 Å². The molecule has 0 N–H and O–H groups in total. The normalized spacial score (nSPS) is 21.6. The summed E-state index contributed by atoms with van der Waals surface area (Å²) in [6.07, 6.45) is 0. The van der Waals surface area contributed by atoms with E-state index in [9.17, 15) is 0 Å². The van der Waals surface area contributed by atoms with Crippen LogP contribution in [0.1, 0.15) is 16.7 Å². The average Bonchev–Trinajstić information content (AvgIpc) is 2.70. The number of allylic oxidation sites excluding steroid dienone is 1. The first-order chi connectivity index (χ1) is 9.18. The highest BCUT2D eigenvalue weighted by atomic mass is 79.9. The smallest absolute Gasteiger partial charge is 0.0874 e. The summed E-state index contributed by atoms with van der Waals surface area (Å²) in [6.45, 7) is 0. The van der Waals surface area contributed by atoms with Crippen molar-refractivity contribution in [3.05, 3.63) is 71.3 Å². The lowest BCUT2D eigenvalue weighted by molar-refractivity contribution is 0.967. The maximum Gasteiger partial charge on any atom is 0.0874 e. The zero-order valence-corrected chi connectivity index (χ0v) is 14.8. The Balaban J connectivity index is 2.28. The van der Waals surface area contributed by atoms with Gasteiger partial charge in [0.15, 0.2) is 0 Å². The summed E-state index contributed by atoms with van der Waals surface area (Å²) in [5.41, 5.74) is 5.09. The van der Waals surface area contributed by atoms with Crippen LogP contribution < -0.4 is 0 Å². The van der Waals surface area contributed by atoms with Gasteiger partial charge >= 0.3 is 0 Å². The van der Waals surface area contributed by atoms with Crippen LogP contribution in [0.15, 0.2) is 54.6 Å². The molecule has 0 amide bonds. The highest BCUT2D eigenvalue weighted by Gasteiger charge is 2.42. The van der Waals surface area contributed by atoms with Gasteiger partial charge in [-0.25, -0.2) is 0 Å². The second-order valence-corrected chi connectivity index (χ2v) is 7.24. The molecule has 3 rings (SSSR count). The van der Waals surface area contributed by atoms with E-state index in [1.165, 1.54) is 26.7 Å². The summed E-state index contributed by atoms with van der Waals surface area (Å²) < 4.78 is 0.995. The third kappa shape index (κ3) is 2.07. The molecule has 0 saturated heterocycles. The Kier molecular flexibility index (Phi) is 3.71. The van der Waals surface area contributed by atoms with Crippen LogP contribution in [0.2, 0.25) is 0 Å². The molecule has 3 heteroatoms. The van der Waals surface area contributed by atoms with Gasteiger partial charge in [0, 0.05) is 9.81 Å². The maximum absolute atomic E-state index is 3.95. The minimum atomic E-state index is -0.177. The van der Waals surface area contributed by atoms with E-state index in [4.69, 9.17) is 0 Å². The van der Waals surface area contributed by atoms with E-state index in [1.54, 1.807) is 0 Å². The summed E-state index contributed by atoms with van der Waals surface area (Å²) in [6, 6.07) is 19.0. The highest BCUT2D eigenvalue weighted by molar-refractivity contribution is 9.15. The van der Waals surface area contributed by atoms with Crippen LogP contribution in [-0.2, 0) is 4.32 Å². The predicted octanol–water partition coefficient (Wildman–Crippen LogP) is 5.95. The van der Waals surface area contributed by atoms with Gasteiger partial charge in [0.25, 0.3) is 0 Å². The van der Waals surface area contributed by atoms with Crippen LogP contribution in [0.5, 0.6) is 0 Å². The Bertz CT molecular complexity index is 646. The number of hydrogen-bond donors (Lipinski definition) is 0. The van der Waals surface area contributed by atoms with E-state index in [2.05, 4.69) is 96.3 Å². The second-order valence-electron chi connectivity index (χ2n) is 4.54. The number of rotatable bonds is 2. The third-order valence-corrected chi connectivity index (χ3v) is 6.97. The molecule has 0 heterocycles. The van der Waals surface area contributed by atoms with Gasteiger partial charge in [-0.05, 0) is 38.2 Å². The third-order valence-electron chi connectivity index (χ3n) is 3.45. The molecule has 0 saturated carbocycles. The van der Waals surface area contributed by atoms with E-state index in [0.717, 1.165) is 5.33 Å². The number of fused-ring (bicyclic) bond motifs is 1. The van der Waals surface area contributed by atoms with Gasteiger partial charge < -0.3 is 0 Å². The minimum absolute atomic E-state index is 0.177. The van der Waals surface area contributed by atoms with Gasteiger partial charge in [-0.3, -0.25) is 0 Å². The molecular formula is C16H11Br3. The van der Waals surface area contributed by atoms with Crippen LogP contribution >= 0.6 is 47.8 Å². The van der Waals surface area contributed by atoms with Gasteiger partial charge in [-0.2, -0.15) is 0 Å². The van der Waals surface area contributed by atoms with Crippen molar-refractivity contribution in [2.75, 3.05) is 5.33 Å². The van der Waals surface area contributed by atoms with E-state index < -0.39 is 0 Å². The fraction of sp³-hybridized carbons (Fsp3) is 0.125. The molecule has 0 spiro atoms. The molecule has 1 atom stereocenters. The van der Waals surface area contributed by atoms with Crippen molar-refractivity contribution in [1.29, 1.82) is 0 Å². The second kappa shape index (κ2) is 5.19. The SMILES string of the molecule is BrCC1(Br)C(c2ccccc2)=C(Br)c2ccccc21. The zero-order valence-electron chi connectivity index (χ0n) is 10.0. The minimum Gasteiger partial charge on any atom is -0.0905 e. The Hall–Kier alpha value is -0.380. The molecule has 1 unspecified atom stereocenters. The number of hydrogen-bond acceptors (Lipinski definition) is 0. The summed E-state index contributed by atoms with van der Waals surface area (Å²) in [7, 11) is 0. The van der Waals surface area contributed by atoms with Crippen LogP contribution in [0, 0.1) is 0 Å². The fourth-order valence-corrected chi connectivity index (χ4v) is 5.10. The largest absolute Gasteiger partial charge is 0.0905 e. The molecule has 1 aliphatic rings. The zero-order chi connectivity index (χ0) is 13.5. The van der Waals surface area contributed by atoms with Crippen molar-refractivity contribution < 1.29 is 0 Å². The average molecular weight is 443 g/mol. The molecule has 96 valence electrons. The van der Waals surface area contributed by atoms with Gasteiger partial charge in [0.1, 0.15) is 0 Å². The van der Waals surface area contributed by atoms with Crippen molar-refractivity contribution in [3.8, 4) is 0 Å². The molecule has 0 nitrogen and oxygen atoms in total. The summed E-state index contributed by atoms with van der Waals surface area (Å²) in [5.74, 6) is 0. The summed E-state index contributed by atoms with van der Waals surface area (Å²) in [5, 5.41) is 0.830. The fourth-order valence-electron chi connectivity index (χ4n) is 2.56. The van der Waals surface area contributed by atoms with Crippen molar-refractivity contribution in [2.45, 2.75) is 4.32 Å². The quantitative estimate of drug-likeness (QED) is 0.504. The molecule has 0 radical (unpaired) electrons. The Morgan fingerprint density at radius 3 is 2.21 bits per heavy atom. The standard InChI is InChI=1S/C16H11Br3/c17-10-16(19)13-9-5-4-8-12(13)15(18)14(16)11-6-2-1-3-7-11/h1-9H,10H2. The van der Waals surface area contributed by atoms with E-state index >= 15 is 0 Å². The first-order valence-electron chi connectivity index (χ1n) is 5.99. The molecule has 19 heavy (non-hydrogen) atoms. The van der Waals surface area contributed by atoms with Crippen LogP contribution in [0.25, 0.3) is 10.1 Å². The molecule has 0 aliphatic heterocycles. The van der Waals surface area contributed by atoms with Gasteiger partial charge in [-0.1, -0.05) is 86.5 Å². The molecule has 0 fully saturated rings. The first kappa shape index (κ1) is 13.6.